The lowest BCUT2D eigenvalue weighted by Crippen LogP contribution is -2.40. The van der Waals surface area contributed by atoms with Gasteiger partial charge in [0.15, 0.2) is 0 Å². The van der Waals surface area contributed by atoms with Crippen LogP contribution in [0.15, 0.2) is 47.4 Å². The third-order valence-electron chi connectivity index (χ3n) is 4.88. The van der Waals surface area contributed by atoms with E-state index < -0.39 is 33.5 Å². The summed E-state index contributed by atoms with van der Waals surface area (Å²) < 4.78 is 46.3. The van der Waals surface area contributed by atoms with Gasteiger partial charge in [0.1, 0.15) is 5.82 Å². The summed E-state index contributed by atoms with van der Waals surface area (Å²) in [7, 11) is -3.88. The average Bonchev–Trinajstić information content (AvgIpc) is 2.94. The molecule has 2 unspecified atom stereocenters. The monoisotopic (exact) mass is 410 g/mol. The van der Waals surface area contributed by atoms with E-state index in [2.05, 4.69) is 9.71 Å². The van der Waals surface area contributed by atoms with Crippen molar-refractivity contribution >= 4 is 10.0 Å². The number of halogens is 1. The molecular weight excluding hydrogens is 387 g/mol. The van der Waals surface area contributed by atoms with Gasteiger partial charge in [-0.3, -0.25) is 0 Å². The van der Waals surface area contributed by atoms with E-state index in [1.807, 2.05) is 13.0 Å². The third kappa shape index (κ3) is 4.85. The van der Waals surface area contributed by atoms with Gasteiger partial charge < -0.3 is 14.9 Å². The average molecular weight is 410 g/mol. The largest absolute Gasteiger partial charge is 0.477 e. The number of rotatable bonds is 7. The number of ether oxygens (including phenoxy) is 1. The van der Waals surface area contributed by atoms with E-state index >= 15 is 0 Å². The van der Waals surface area contributed by atoms with Crippen LogP contribution in [0, 0.1) is 18.2 Å². The molecule has 28 heavy (non-hydrogen) atoms. The molecule has 0 amide bonds. The van der Waals surface area contributed by atoms with Gasteiger partial charge in [-0.1, -0.05) is 6.07 Å². The second-order valence-corrected chi connectivity index (χ2v) is 8.99. The highest BCUT2D eigenvalue weighted by Crippen LogP contribution is 2.39. The van der Waals surface area contributed by atoms with Crippen LogP contribution in [0.25, 0.3) is 0 Å². The van der Waals surface area contributed by atoms with Crippen molar-refractivity contribution in [2.45, 2.75) is 36.9 Å². The minimum atomic E-state index is -3.88. The molecule has 0 radical (unpaired) electrons. The Labute approximate surface area is 163 Å². The second kappa shape index (κ2) is 8.12. The molecule has 9 heteroatoms. The fraction of sp³-hybridized carbons (Fsp3) is 0.421. The number of sulfonamides is 1. The molecule has 1 aromatic heterocycles. The van der Waals surface area contributed by atoms with Crippen LogP contribution in [0.3, 0.4) is 0 Å². The van der Waals surface area contributed by atoms with E-state index in [0.717, 1.165) is 17.8 Å². The van der Waals surface area contributed by atoms with Crippen LogP contribution < -0.4 is 9.46 Å². The summed E-state index contributed by atoms with van der Waals surface area (Å²) in [6.07, 6.45) is -1.59. The molecule has 1 saturated carbocycles. The van der Waals surface area contributed by atoms with Gasteiger partial charge in [-0.15, -0.1) is 0 Å². The summed E-state index contributed by atoms with van der Waals surface area (Å²) >= 11 is 0. The number of pyridine rings is 1. The first-order chi connectivity index (χ1) is 13.2. The zero-order valence-electron chi connectivity index (χ0n) is 15.4. The van der Waals surface area contributed by atoms with E-state index in [0.29, 0.717) is 5.88 Å². The van der Waals surface area contributed by atoms with Crippen LogP contribution >= 0.6 is 0 Å². The minimum Gasteiger partial charge on any atom is -0.477 e. The molecule has 7 nitrogen and oxygen atoms in total. The third-order valence-corrected chi connectivity index (χ3v) is 6.30. The van der Waals surface area contributed by atoms with Crippen molar-refractivity contribution in [1.82, 2.24) is 9.71 Å². The lowest BCUT2D eigenvalue weighted by Gasteiger charge is -2.29. The number of aromatic nitrogens is 1. The fourth-order valence-electron chi connectivity index (χ4n) is 3.33. The maximum absolute atomic E-state index is 13.1. The van der Waals surface area contributed by atoms with Crippen molar-refractivity contribution in [2.24, 2.45) is 5.41 Å². The molecule has 2 aromatic rings. The zero-order valence-corrected chi connectivity index (χ0v) is 16.2. The molecule has 0 spiro atoms. The number of hydrogen-bond acceptors (Lipinski definition) is 6. The summed E-state index contributed by atoms with van der Waals surface area (Å²) in [5, 5.41) is 20.0. The smallest absolute Gasteiger partial charge is 0.240 e. The van der Waals surface area contributed by atoms with E-state index in [1.54, 1.807) is 12.1 Å². The number of nitrogens with one attached hydrogen (secondary N) is 1. The Balaban J connectivity index is 1.74. The molecule has 0 saturated heterocycles. The molecule has 1 aliphatic carbocycles. The molecule has 1 aromatic carbocycles. The number of benzene rings is 1. The van der Waals surface area contributed by atoms with Crippen molar-refractivity contribution in [3.05, 3.63) is 54.0 Å². The minimum absolute atomic E-state index is 0.0490. The Bertz CT molecular complexity index is 910. The highest BCUT2D eigenvalue weighted by Gasteiger charge is 2.45. The first kappa shape index (κ1) is 20.7. The Kier molecular flexibility index (Phi) is 5.99. The highest BCUT2D eigenvalue weighted by molar-refractivity contribution is 7.89. The van der Waals surface area contributed by atoms with Gasteiger partial charge in [-0.25, -0.2) is 22.5 Å². The maximum atomic E-state index is 13.1. The van der Waals surface area contributed by atoms with Gasteiger partial charge in [0.2, 0.25) is 15.9 Å². The van der Waals surface area contributed by atoms with Crippen LogP contribution in [0.2, 0.25) is 0 Å². The number of aliphatic hydroxyl groups is 2. The Hall–Kier alpha value is -2.07. The van der Waals surface area contributed by atoms with Crippen molar-refractivity contribution in [2.75, 3.05) is 13.2 Å². The Morgan fingerprint density at radius 3 is 2.43 bits per heavy atom. The summed E-state index contributed by atoms with van der Waals surface area (Å²) in [6, 6.07) is 9.79. The summed E-state index contributed by atoms with van der Waals surface area (Å²) in [5.41, 5.74) is -0.0350. The standard InChI is InChI=1S/C19H23FN2O5S/c1-13-3-2-4-18(22-13)27-12-19(9-16(23)17(24)10-19)11-21-28(25,26)15-7-5-14(20)6-8-15/h2-8,16-17,21,23-24H,9-12H2,1H3. The van der Waals surface area contributed by atoms with Crippen LogP contribution in [-0.2, 0) is 10.0 Å². The first-order valence-corrected chi connectivity index (χ1v) is 10.4. The molecule has 1 fully saturated rings. The second-order valence-electron chi connectivity index (χ2n) is 7.23. The van der Waals surface area contributed by atoms with Crippen molar-refractivity contribution < 1.29 is 27.8 Å². The number of aryl methyl sites for hydroxylation is 1. The van der Waals surface area contributed by atoms with Crippen molar-refractivity contribution in [3.63, 3.8) is 0 Å². The quantitative estimate of drug-likeness (QED) is 0.637. The normalized spacial score (nSPS) is 25.0. The molecule has 1 aliphatic rings. The molecular formula is C19H23FN2O5S. The summed E-state index contributed by atoms with van der Waals surface area (Å²) in [5.74, 6) is -0.145. The summed E-state index contributed by atoms with van der Waals surface area (Å²) in [4.78, 5) is 4.18. The Morgan fingerprint density at radius 1 is 1.18 bits per heavy atom. The van der Waals surface area contributed by atoms with Gasteiger partial charge in [0, 0.05) is 23.7 Å². The fourth-order valence-corrected chi connectivity index (χ4v) is 4.48. The molecule has 3 rings (SSSR count). The van der Waals surface area contributed by atoms with Crippen molar-refractivity contribution in [1.29, 1.82) is 0 Å². The Morgan fingerprint density at radius 2 is 1.82 bits per heavy atom. The topological polar surface area (TPSA) is 109 Å². The van der Waals surface area contributed by atoms with E-state index in [9.17, 15) is 23.0 Å². The lowest BCUT2D eigenvalue weighted by molar-refractivity contribution is 0.0438. The highest BCUT2D eigenvalue weighted by atomic mass is 32.2. The zero-order chi connectivity index (χ0) is 20.4. The van der Waals surface area contributed by atoms with Gasteiger partial charge in [-0.2, -0.15) is 0 Å². The van der Waals surface area contributed by atoms with Crippen molar-refractivity contribution in [3.8, 4) is 5.88 Å². The van der Waals surface area contributed by atoms with Crippen LogP contribution in [0.4, 0.5) is 4.39 Å². The molecule has 0 bridgehead atoms. The van der Waals surface area contributed by atoms with Gasteiger partial charge >= 0.3 is 0 Å². The van der Waals surface area contributed by atoms with Crippen LogP contribution in [0.5, 0.6) is 5.88 Å². The van der Waals surface area contributed by atoms with Crippen LogP contribution in [0.1, 0.15) is 18.5 Å². The lowest BCUT2D eigenvalue weighted by atomic mass is 9.87. The van der Waals surface area contributed by atoms with Gasteiger partial charge in [0.05, 0.1) is 23.7 Å². The molecule has 2 atom stereocenters. The molecule has 3 N–H and O–H groups in total. The first-order valence-electron chi connectivity index (χ1n) is 8.87. The molecule has 1 heterocycles. The van der Waals surface area contributed by atoms with Crippen LogP contribution in [-0.4, -0.2) is 49.0 Å². The number of hydrogen-bond donors (Lipinski definition) is 3. The predicted octanol–water partition coefficient (Wildman–Crippen LogP) is 1.39. The van der Waals surface area contributed by atoms with E-state index in [-0.39, 0.29) is 30.9 Å². The summed E-state index contributed by atoms with van der Waals surface area (Å²) in [6.45, 7) is 1.85. The number of nitrogens with zero attached hydrogens (tertiary/aromatic N) is 1. The molecule has 152 valence electrons. The van der Waals surface area contributed by atoms with E-state index in [1.165, 1.54) is 12.1 Å². The SMILES string of the molecule is Cc1cccc(OCC2(CNS(=O)(=O)c3ccc(F)cc3)CC(O)C(O)C2)n1. The predicted molar refractivity (Wildman–Crippen MR) is 99.7 cm³/mol. The van der Waals surface area contributed by atoms with E-state index in [4.69, 9.17) is 4.74 Å². The molecule has 0 aliphatic heterocycles. The van der Waals surface area contributed by atoms with Gasteiger partial charge in [-0.05, 0) is 50.1 Å². The number of aliphatic hydroxyl groups excluding tert-OH is 2. The van der Waals surface area contributed by atoms with Gasteiger partial charge in [0.25, 0.3) is 0 Å². The maximum Gasteiger partial charge on any atom is 0.240 e.